The van der Waals surface area contributed by atoms with E-state index in [-0.39, 0.29) is 0 Å². The fraction of sp³-hybridized carbons (Fsp3) is 0.227. The first-order chi connectivity index (χ1) is 12.5. The minimum absolute atomic E-state index is 0.495. The Bertz CT molecular complexity index is 924. The Morgan fingerprint density at radius 2 is 2.08 bits per heavy atom. The van der Waals surface area contributed by atoms with Crippen LogP contribution in [0, 0.1) is 11.3 Å². The van der Waals surface area contributed by atoms with Gasteiger partial charge in [-0.15, -0.1) is 11.3 Å². The summed E-state index contributed by atoms with van der Waals surface area (Å²) in [7, 11) is 0. The highest BCUT2D eigenvalue weighted by Crippen LogP contribution is 2.31. The van der Waals surface area contributed by atoms with E-state index in [2.05, 4.69) is 49.0 Å². The van der Waals surface area contributed by atoms with Crippen LogP contribution in [-0.4, -0.2) is 16.9 Å². The number of aliphatic imine (C=N–C) groups is 1. The van der Waals surface area contributed by atoms with Crippen molar-refractivity contribution in [2.24, 2.45) is 10.9 Å². The highest BCUT2D eigenvalue weighted by molar-refractivity contribution is 7.17. The van der Waals surface area contributed by atoms with Crippen molar-refractivity contribution < 1.29 is 0 Å². The van der Waals surface area contributed by atoms with Gasteiger partial charge < -0.3 is 5.41 Å². The van der Waals surface area contributed by atoms with Gasteiger partial charge in [-0.25, -0.2) is 4.98 Å². The van der Waals surface area contributed by atoms with Gasteiger partial charge in [0.15, 0.2) is 0 Å². The van der Waals surface area contributed by atoms with E-state index in [1.54, 1.807) is 11.3 Å². The standard InChI is InChI=1S/C22H25N3S/c1-6-18(8-7-17(5)24-12-11-15(2)3)19-14-26-21-10-9-20(16(4)13-23)25-22(19)21/h6-15,23H,4H2,1-3,5H3/b8-7-,12-11-,18-6+,23-13?,24-17+. The Labute approximate surface area is 159 Å². The summed E-state index contributed by atoms with van der Waals surface area (Å²) in [6, 6.07) is 3.96. The van der Waals surface area contributed by atoms with Crippen LogP contribution in [-0.2, 0) is 0 Å². The average Bonchev–Trinajstić information content (AvgIpc) is 3.04. The van der Waals surface area contributed by atoms with Gasteiger partial charge in [0.05, 0.1) is 15.9 Å². The number of allylic oxidation sites excluding steroid dienone is 6. The summed E-state index contributed by atoms with van der Waals surface area (Å²) >= 11 is 1.67. The van der Waals surface area contributed by atoms with Gasteiger partial charge >= 0.3 is 0 Å². The van der Waals surface area contributed by atoms with Crippen LogP contribution < -0.4 is 0 Å². The lowest BCUT2D eigenvalue weighted by atomic mass is 10.1. The lowest BCUT2D eigenvalue weighted by Crippen LogP contribution is -1.90. The van der Waals surface area contributed by atoms with Crippen molar-refractivity contribution >= 4 is 44.6 Å². The van der Waals surface area contributed by atoms with E-state index in [1.807, 2.05) is 38.3 Å². The largest absolute Gasteiger partial charge is 0.308 e. The molecule has 2 aromatic heterocycles. The monoisotopic (exact) mass is 363 g/mol. The molecule has 1 N–H and O–H groups in total. The minimum Gasteiger partial charge on any atom is -0.308 e. The summed E-state index contributed by atoms with van der Waals surface area (Å²) < 4.78 is 1.12. The fourth-order valence-corrected chi connectivity index (χ4v) is 3.20. The molecule has 4 heteroatoms. The van der Waals surface area contributed by atoms with E-state index >= 15 is 0 Å². The van der Waals surface area contributed by atoms with Crippen LogP contribution in [0.5, 0.6) is 0 Å². The fourth-order valence-electron chi connectivity index (χ4n) is 2.30. The van der Waals surface area contributed by atoms with E-state index < -0.39 is 0 Å². The molecule has 0 unspecified atom stereocenters. The second-order valence-corrected chi connectivity index (χ2v) is 7.21. The lowest BCUT2D eigenvalue weighted by molar-refractivity contribution is 0.829. The second kappa shape index (κ2) is 9.20. The Morgan fingerprint density at radius 3 is 2.73 bits per heavy atom. The van der Waals surface area contributed by atoms with Gasteiger partial charge in [0.1, 0.15) is 0 Å². The van der Waals surface area contributed by atoms with Crippen molar-refractivity contribution in [2.45, 2.75) is 27.7 Å². The molecule has 0 saturated heterocycles. The molecule has 0 amide bonds. The second-order valence-electron chi connectivity index (χ2n) is 6.30. The Balaban J connectivity index is 2.34. The van der Waals surface area contributed by atoms with E-state index in [0.29, 0.717) is 11.5 Å². The Kier molecular flexibility index (Phi) is 6.98. The summed E-state index contributed by atoms with van der Waals surface area (Å²) in [5.41, 5.74) is 5.44. The van der Waals surface area contributed by atoms with Crippen molar-refractivity contribution in [1.29, 1.82) is 5.41 Å². The molecule has 0 atom stereocenters. The van der Waals surface area contributed by atoms with Crippen LogP contribution in [0.15, 0.2) is 59.6 Å². The van der Waals surface area contributed by atoms with Crippen molar-refractivity contribution in [3.05, 3.63) is 65.9 Å². The molecule has 0 spiro atoms. The number of hydrogen-bond acceptors (Lipinski definition) is 4. The maximum Gasteiger partial charge on any atom is 0.0895 e. The number of nitrogens with zero attached hydrogens (tertiary/aromatic N) is 2. The van der Waals surface area contributed by atoms with Gasteiger partial charge in [0.2, 0.25) is 0 Å². The maximum atomic E-state index is 7.38. The van der Waals surface area contributed by atoms with E-state index in [0.717, 1.165) is 32.8 Å². The molecular formula is C22H25N3S. The SMILES string of the molecule is C=C(C=N)c1ccc2scc(C(/C=C\C(C)=N\C=C/C(C)C)=C/C)c2n1. The van der Waals surface area contributed by atoms with Crippen LogP contribution in [0.4, 0.5) is 0 Å². The Morgan fingerprint density at radius 1 is 1.31 bits per heavy atom. The molecule has 0 bridgehead atoms. The number of fused-ring (bicyclic) bond motifs is 1. The van der Waals surface area contributed by atoms with Gasteiger partial charge in [-0.1, -0.05) is 38.7 Å². The van der Waals surface area contributed by atoms with Gasteiger partial charge in [-0.3, -0.25) is 4.99 Å². The third kappa shape index (κ3) is 4.96. The van der Waals surface area contributed by atoms with Crippen LogP contribution >= 0.6 is 11.3 Å². The molecule has 0 saturated carbocycles. The van der Waals surface area contributed by atoms with Gasteiger partial charge in [0.25, 0.3) is 0 Å². The summed E-state index contributed by atoms with van der Waals surface area (Å²) in [5.74, 6) is 0.495. The van der Waals surface area contributed by atoms with Crippen molar-refractivity contribution in [3.8, 4) is 0 Å². The molecule has 2 rings (SSSR count). The van der Waals surface area contributed by atoms with E-state index in [1.165, 1.54) is 6.21 Å². The molecule has 0 aliphatic heterocycles. The zero-order valence-electron chi connectivity index (χ0n) is 15.8. The first-order valence-electron chi connectivity index (χ1n) is 8.60. The Hall–Kier alpha value is -2.59. The highest BCUT2D eigenvalue weighted by Gasteiger charge is 2.10. The lowest BCUT2D eigenvalue weighted by Gasteiger charge is -2.03. The smallest absolute Gasteiger partial charge is 0.0895 e. The number of thiophene rings is 1. The van der Waals surface area contributed by atoms with E-state index in [9.17, 15) is 0 Å². The number of hydrogen-bond donors (Lipinski definition) is 1. The summed E-state index contributed by atoms with van der Waals surface area (Å²) in [6.45, 7) is 12.2. The molecule has 0 fully saturated rings. The van der Waals surface area contributed by atoms with Crippen LogP contribution in [0.1, 0.15) is 39.0 Å². The predicted molar refractivity (Wildman–Crippen MR) is 117 cm³/mol. The molecular weight excluding hydrogens is 338 g/mol. The van der Waals surface area contributed by atoms with Crippen molar-refractivity contribution in [3.63, 3.8) is 0 Å². The molecule has 134 valence electrons. The van der Waals surface area contributed by atoms with Crippen molar-refractivity contribution in [2.75, 3.05) is 0 Å². The van der Waals surface area contributed by atoms with Crippen LogP contribution in [0.2, 0.25) is 0 Å². The van der Waals surface area contributed by atoms with Gasteiger partial charge in [0, 0.05) is 34.6 Å². The minimum atomic E-state index is 0.495. The third-order valence-electron chi connectivity index (χ3n) is 3.80. The number of pyridine rings is 1. The molecule has 26 heavy (non-hydrogen) atoms. The molecule has 0 aliphatic rings. The number of rotatable bonds is 7. The zero-order valence-corrected chi connectivity index (χ0v) is 16.6. The molecule has 0 aromatic carbocycles. The molecule has 0 radical (unpaired) electrons. The molecule has 2 aromatic rings. The van der Waals surface area contributed by atoms with Crippen LogP contribution in [0.3, 0.4) is 0 Å². The van der Waals surface area contributed by atoms with Crippen molar-refractivity contribution in [1.82, 2.24) is 4.98 Å². The normalized spacial score (nSPS) is 13.4. The molecule has 0 aliphatic carbocycles. The molecule has 3 nitrogen and oxygen atoms in total. The summed E-state index contributed by atoms with van der Waals surface area (Å²) in [5, 5.41) is 9.51. The van der Waals surface area contributed by atoms with E-state index in [4.69, 9.17) is 10.4 Å². The zero-order chi connectivity index (χ0) is 19.1. The predicted octanol–water partition coefficient (Wildman–Crippen LogP) is 6.55. The van der Waals surface area contributed by atoms with Gasteiger partial charge in [-0.2, -0.15) is 0 Å². The molecule has 2 heterocycles. The quantitative estimate of drug-likeness (QED) is 0.440. The average molecular weight is 364 g/mol. The highest BCUT2D eigenvalue weighted by atomic mass is 32.1. The summed E-state index contributed by atoms with van der Waals surface area (Å²) in [4.78, 5) is 9.15. The first kappa shape index (κ1) is 19.7. The number of nitrogens with one attached hydrogen (secondary N) is 1. The topological polar surface area (TPSA) is 49.1 Å². The van der Waals surface area contributed by atoms with Gasteiger partial charge in [-0.05, 0) is 43.5 Å². The maximum absolute atomic E-state index is 7.38. The van der Waals surface area contributed by atoms with Crippen LogP contribution in [0.25, 0.3) is 21.4 Å². The third-order valence-corrected chi connectivity index (χ3v) is 4.73. The summed E-state index contributed by atoms with van der Waals surface area (Å²) in [6.07, 6.45) is 11.3. The number of aromatic nitrogens is 1. The first-order valence-corrected chi connectivity index (χ1v) is 9.48.